The highest BCUT2D eigenvalue weighted by atomic mass is 35.5. The zero-order chi connectivity index (χ0) is 19.8. The number of amides is 1. The summed E-state index contributed by atoms with van der Waals surface area (Å²) in [6, 6.07) is 8.96. The summed E-state index contributed by atoms with van der Waals surface area (Å²) in [7, 11) is 4.62. The van der Waals surface area contributed by atoms with Gasteiger partial charge in [0.2, 0.25) is 11.7 Å². The number of nitrogens with one attached hydrogen (secondary N) is 1. The van der Waals surface area contributed by atoms with Crippen LogP contribution in [0.1, 0.15) is 11.1 Å². The number of methoxy groups -OCH3 is 3. The molecule has 0 aliphatic carbocycles. The summed E-state index contributed by atoms with van der Waals surface area (Å²) in [5.74, 6) is 1.32. The molecule has 0 aliphatic rings. The molecule has 5 nitrogen and oxygen atoms in total. The topological polar surface area (TPSA) is 56.8 Å². The van der Waals surface area contributed by atoms with Crippen molar-refractivity contribution in [2.24, 2.45) is 0 Å². The molecule has 0 heterocycles. The van der Waals surface area contributed by atoms with Crippen LogP contribution in [0.2, 0.25) is 10.0 Å². The molecule has 0 spiro atoms. The van der Waals surface area contributed by atoms with E-state index in [9.17, 15) is 4.79 Å². The maximum absolute atomic E-state index is 12.0. The van der Waals surface area contributed by atoms with E-state index in [0.29, 0.717) is 40.3 Å². The van der Waals surface area contributed by atoms with Crippen molar-refractivity contribution in [3.8, 4) is 17.2 Å². The Balaban J connectivity index is 1.99. The number of halogens is 2. The molecule has 0 bridgehead atoms. The van der Waals surface area contributed by atoms with Gasteiger partial charge in [-0.3, -0.25) is 4.79 Å². The first-order valence-electron chi connectivity index (χ1n) is 8.19. The van der Waals surface area contributed by atoms with Crippen molar-refractivity contribution >= 4 is 35.2 Å². The van der Waals surface area contributed by atoms with Crippen LogP contribution in [-0.4, -0.2) is 33.8 Å². The minimum absolute atomic E-state index is 0.220. The minimum Gasteiger partial charge on any atom is -0.493 e. The van der Waals surface area contributed by atoms with Crippen molar-refractivity contribution in [2.75, 3.05) is 27.9 Å². The van der Waals surface area contributed by atoms with Gasteiger partial charge in [-0.1, -0.05) is 35.3 Å². The van der Waals surface area contributed by atoms with Gasteiger partial charge in [-0.25, -0.2) is 0 Å². The van der Waals surface area contributed by atoms with E-state index < -0.39 is 0 Å². The predicted octanol–water partition coefficient (Wildman–Crippen LogP) is 4.39. The van der Waals surface area contributed by atoms with Crippen LogP contribution in [0.5, 0.6) is 17.2 Å². The summed E-state index contributed by atoms with van der Waals surface area (Å²) in [6.45, 7) is 0.443. The first kappa shape index (κ1) is 20.9. The van der Waals surface area contributed by atoms with E-state index in [-0.39, 0.29) is 5.91 Å². The van der Waals surface area contributed by atoms with Gasteiger partial charge in [-0.15, -0.1) is 0 Å². The van der Waals surface area contributed by atoms with Crippen LogP contribution in [0, 0.1) is 0 Å². The molecule has 27 heavy (non-hydrogen) atoms. The average molecular weight is 410 g/mol. The summed E-state index contributed by atoms with van der Waals surface area (Å²) < 4.78 is 15.9. The van der Waals surface area contributed by atoms with Crippen LogP contribution in [-0.2, 0) is 11.2 Å². The Kier molecular flexibility index (Phi) is 7.82. The second-order valence-corrected chi connectivity index (χ2v) is 6.33. The van der Waals surface area contributed by atoms with Crippen molar-refractivity contribution in [1.82, 2.24) is 5.32 Å². The van der Waals surface area contributed by atoms with Gasteiger partial charge in [-0.2, -0.15) is 0 Å². The Morgan fingerprint density at radius 2 is 1.74 bits per heavy atom. The normalized spacial score (nSPS) is 10.7. The van der Waals surface area contributed by atoms with Crippen LogP contribution in [0.3, 0.4) is 0 Å². The Morgan fingerprint density at radius 1 is 1.07 bits per heavy atom. The number of hydrogen-bond acceptors (Lipinski definition) is 4. The standard InChI is InChI=1S/C20H21Cl2NO4/c1-25-16-11-13(12-17(26-2)20(16)27-3)7-8-18(24)23-10-9-14-5-4-6-15(21)19(14)22/h4-8,11-12H,9-10H2,1-3H3,(H,23,24)/b8-7+. The Hall–Kier alpha value is -2.37. The molecule has 0 saturated carbocycles. The highest BCUT2D eigenvalue weighted by Crippen LogP contribution is 2.38. The summed E-state index contributed by atoms with van der Waals surface area (Å²) in [4.78, 5) is 12.0. The SMILES string of the molecule is COc1cc(/C=C/C(=O)NCCc2cccc(Cl)c2Cl)cc(OC)c1OC. The summed E-state index contributed by atoms with van der Waals surface area (Å²) in [5.41, 5.74) is 1.63. The predicted molar refractivity (Wildman–Crippen MR) is 108 cm³/mol. The summed E-state index contributed by atoms with van der Waals surface area (Å²) >= 11 is 12.1. The van der Waals surface area contributed by atoms with Gasteiger partial charge < -0.3 is 19.5 Å². The van der Waals surface area contributed by atoms with Gasteiger partial charge >= 0.3 is 0 Å². The third-order valence-corrected chi connectivity index (χ3v) is 4.70. The summed E-state index contributed by atoms with van der Waals surface area (Å²) in [6.07, 6.45) is 3.70. The zero-order valence-corrected chi connectivity index (χ0v) is 16.9. The number of carbonyl (C=O) groups excluding carboxylic acids is 1. The van der Waals surface area contributed by atoms with Crippen molar-refractivity contribution in [1.29, 1.82) is 0 Å². The molecule has 0 radical (unpaired) electrons. The van der Waals surface area contributed by atoms with E-state index in [1.54, 1.807) is 38.5 Å². The number of carbonyl (C=O) groups is 1. The smallest absolute Gasteiger partial charge is 0.244 e. The molecule has 7 heteroatoms. The zero-order valence-electron chi connectivity index (χ0n) is 15.3. The molecule has 2 aromatic carbocycles. The molecular weight excluding hydrogens is 389 g/mol. The molecule has 0 fully saturated rings. The number of benzene rings is 2. The maximum Gasteiger partial charge on any atom is 0.244 e. The molecule has 0 atom stereocenters. The lowest BCUT2D eigenvalue weighted by Crippen LogP contribution is -2.23. The van der Waals surface area contributed by atoms with E-state index >= 15 is 0 Å². The van der Waals surface area contributed by atoms with Gasteiger partial charge in [0.25, 0.3) is 0 Å². The molecule has 1 amide bonds. The van der Waals surface area contributed by atoms with Crippen LogP contribution in [0.15, 0.2) is 36.4 Å². The first-order valence-corrected chi connectivity index (χ1v) is 8.94. The third kappa shape index (κ3) is 5.55. The lowest BCUT2D eigenvalue weighted by molar-refractivity contribution is -0.116. The Bertz CT molecular complexity index is 812. The quantitative estimate of drug-likeness (QED) is 0.656. The minimum atomic E-state index is -0.220. The molecule has 0 aromatic heterocycles. The molecule has 0 unspecified atom stereocenters. The van der Waals surface area contributed by atoms with E-state index in [1.165, 1.54) is 13.2 Å². The fourth-order valence-electron chi connectivity index (χ4n) is 2.49. The average Bonchev–Trinajstić information content (AvgIpc) is 2.68. The van der Waals surface area contributed by atoms with Gasteiger partial charge in [-0.05, 0) is 41.8 Å². The van der Waals surface area contributed by atoms with Gasteiger partial charge in [0.15, 0.2) is 11.5 Å². The molecule has 0 saturated heterocycles. The molecule has 2 aromatic rings. The number of ether oxygens (including phenoxy) is 3. The lowest BCUT2D eigenvalue weighted by Gasteiger charge is -2.12. The molecular formula is C20H21Cl2NO4. The first-order chi connectivity index (χ1) is 13.0. The van der Waals surface area contributed by atoms with E-state index in [2.05, 4.69) is 5.32 Å². The van der Waals surface area contributed by atoms with Crippen molar-refractivity contribution in [3.05, 3.63) is 57.6 Å². The fourth-order valence-corrected chi connectivity index (χ4v) is 2.90. The van der Waals surface area contributed by atoms with Crippen LogP contribution in [0.25, 0.3) is 6.08 Å². The highest BCUT2D eigenvalue weighted by Gasteiger charge is 2.12. The Morgan fingerprint density at radius 3 is 2.33 bits per heavy atom. The second kappa shape index (κ2) is 10.1. The number of hydrogen-bond donors (Lipinski definition) is 1. The van der Waals surface area contributed by atoms with E-state index in [1.807, 2.05) is 12.1 Å². The van der Waals surface area contributed by atoms with E-state index in [4.69, 9.17) is 37.4 Å². The molecule has 1 N–H and O–H groups in total. The second-order valence-electron chi connectivity index (χ2n) is 5.55. The summed E-state index contributed by atoms with van der Waals surface area (Å²) in [5, 5.41) is 3.83. The molecule has 2 rings (SSSR count). The third-order valence-electron chi connectivity index (χ3n) is 3.84. The van der Waals surface area contributed by atoms with Gasteiger partial charge in [0, 0.05) is 12.6 Å². The fraction of sp³-hybridized carbons (Fsp3) is 0.250. The monoisotopic (exact) mass is 409 g/mol. The van der Waals surface area contributed by atoms with Crippen LogP contribution >= 0.6 is 23.2 Å². The van der Waals surface area contributed by atoms with E-state index in [0.717, 1.165) is 11.1 Å². The molecule has 144 valence electrons. The van der Waals surface area contributed by atoms with Crippen LogP contribution in [0.4, 0.5) is 0 Å². The van der Waals surface area contributed by atoms with Crippen LogP contribution < -0.4 is 19.5 Å². The lowest BCUT2D eigenvalue weighted by atomic mass is 10.1. The highest BCUT2D eigenvalue weighted by molar-refractivity contribution is 6.42. The van der Waals surface area contributed by atoms with Crippen molar-refractivity contribution in [2.45, 2.75) is 6.42 Å². The van der Waals surface area contributed by atoms with Gasteiger partial charge in [0.05, 0.1) is 31.4 Å². The van der Waals surface area contributed by atoms with Crippen molar-refractivity contribution in [3.63, 3.8) is 0 Å². The van der Waals surface area contributed by atoms with Crippen molar-refractivity contribution < 1.29 is 19.0 Å². The largest absolute Gasteiger partial charge is 0.493 e. The number of rotatable bonds is 8. The van der Waals surface area contributed by atoms with Gasteiger partial charge in [0.1, 0.15) is 0 Å². The maximum atomic E-state index is 12.0. The Labute approximate surface area is 168 Å². The molecule has 0 aliphatic heterocycles.